The molecule has 0 unspecified atom stereocenters. The summed E-state index contributed by atoms with van der Waals surface area (Å²) in [4.78, 5) is 30.8. The van der Waals surface area contributed by atoms with E-state index >= 15 is 0 Å². The quantitative estimate of drug-likeness (QED) is 0.758. The number of nitrogens with zero attached hydrogens (tertiary/aromatic N) is 2. The molecule has 2 aromatic carbocycles. The van der Waals surface area contributed by atoms with Crippen LogP contribution in [-0.4, -0.2) is 23.3 Å². The molecule has 0 aliphatic carbocycles. The molecule has 0 saturated carbocycles. The van der Waals surface area contributed by atoms with Crippen LogP contribution in [0, 0.1) is 6.92 Å². The molecule has 2 amide bonds. The molecule has 1 aromatic heterocycles. The lowest BCUT2D eigenvalue weighted by atomic mass is 10.1. The van der Waals surface area contributed by atoms with E-state index in [0.29, 0.717) is 18.5 Å². The van der Waals surface area contributed by atoms with Crippen LogP contribution >= 0.6 is 11.3 Å². The van der Waals surface area contributed by atoms with Gasteiger partial charge in [0, 0.05) is 29.9 Å². The van der Waals surface area contributed by atoms with E-state index in [1.54, 1.807) is 22.3 Å². The number of anilines is 2. The van der Waals surface area contributed by atoms with E-state index in [1.807, 2.05) is 44.2 Å². The maximum absolute atomic E-state index is 12.6. The fraction of sp³-hybridized carbons (Fsp3) is 0.250. The van der Waals surface area contributed by atoms with Gasteiger partial charge in [0.1, 0.15) is 0 Å². The smallest absolute Gasteiger partial charge is 0.255 e. The number of carbonyl (C=O) groups is 2. The zero-order chi connectivity index (χ0) is 18.3. The number of hydrogen-bond donors (Lipinski definition) is 1. The molecule has 0 spiro atoms. The van der Waals surface area contributed by atoms with Crippen molar-refractivity contribution in [1.29, 1.82) is 0 Å². The Balaban J connectivity index is 1.55. The second kappa shape index (κ2) is 6.53. The minimum Gasteiger partial charge on any atom is -0.322 e. The van der Waals surface area contributed by atoms with Gasteiger partial charge in [-0.05, 0) is 55.3 Å². The Morgan fingerprint density at radius 3 is 2.88 bits per heavy atom. The number of fused-ring (bicyclic) bond motifs is 2. The Kier molecular flexibility index (Phi) is 4.20. The second-order valence-electron chi connectivity index (χ2n) is 6.36. The van der Waals surface area contributed by atoms with Crippen molar-refractivity contribution in [2.45, 2.75) is 26.7 Å². The Morgan fingerprint density at radius 2 is 2.08 bits per heavy atom. The lowest BCUT2D eigenvalue weighted by Gasteiger charge is -2.16. The molecule has 5 nitrogen and oxygen atoms in total. The number of nitrogens with one attached hydrogen (secondary N) is 1. The van der Waals surface area contributed by atoms with Gasteiger partial charge in [0.15, 0.2) is 0 Å². The summed E-state index contributed by atoms with van der Waals surface area (Å²) in [6, 6.07) is 11.3. The molecular formula is C20H19N3O2S. The van der Waals surface area contributed by atoms with Crippen molar-refractivity contribution < 1.29 is 9.59 Å². The van der Waals surface area contributed by atoms with Crippen molar-refractivity contribution in [1.82, 2.24) is 4.98 Å². The normalized spacial score (nSPS) is 13.1. The van der Waals surface area contributed by atoms with E-state index in [2.05, 4.69) is 10.3 Å². The molecule has 1 aliphatic rings. The van der Waals surface area contributed by atoms with Gasteiger partial charge in [-0.2, -0.15) is 0 Å². The van der Waals surface area contributed by atoms with Gasteiger partial charge in [0.25, 0.3) is 5.91 Å². The maximum Gasteiger partial charge on any atom is 0.255 e. The van der Waals surface area contributed by atoms with E-state index in [-0.39, 0.29) is 11.8 Å². The Bertz CT molecular complexity index is 1030. The summed E-state index contributed by atoms with van der Waals surface area (Å²) in [5.41, 5.74) is 4.29. The van der Waals surface area contributed by atoms with Crippen molar-refractivity contribution in [3.8, 4) is 0 Å². The van der Waals surface area contributed by atoms with Crippen LogP contribution in [0.2, 0.25) is 0 Å². The van der Waals surface area contributed by atoms with Crippen LogP contribution in [0.1, 0.15) is 34.3 Å². The van der Waals surface area contributed by atoms with Gasteiger partial charge >= 0.3 is 0 Å². The first-order valence-electron chi connectivity index (χ1n) is 8.67. The summed E-state index contributed by atoms with van der Waals surface area (Å²) in [5.74, 6) is -0.0252. The van der Waals surface area contributed by atoms with Gasteiger partial charge in [-0.25, -0.2) is 4.98 Å². The zero-order valence-electron chi connectivity index (χ0n) is 14.7. The van der Waals surface area contributed by atoms with E-state index in [0.717, 1.165) is 38.6 Å². The SMILES string of the molecule is CCC(=O)N1CCc2cc(C(=O)Nc3ccc4nc(C)sc4c3)ccc21. The molecule has 26 heavy (non-hydrogen) atoms. The highest BCUT2D eigenvalue weighted by atomic mass is 32.1. The van der Waals surface area contributed by atoms with Crippen molar-refractivity contribution in [2.24, 2.45) is 0 Å². The first-order valence-corrected chi connectivity index (χ1v) is 9.48. The van der Waals surface area contributed by atoms with Gasteiger partial charge in [-0.1, -0.05) is 6.92 Å². The van der Waals surface area contributed by atoms with Gasteiger partial charge in [0.2, 0.25) is 5.91 Å². The van der Waals surface area contributed by atoms with Crippen LogP contribution in [-0.2, 0) is 11.2 Å². The lowest BCUT2D eigenvalue weighted by Crippen LogP contribution is -2.27. The monoisotopic (exact) mass is 365 g/mol. The minimum absolute atomic E-state index is 0.120. The molecule has 0 bridgehead atoms. The molecular weight excluding hydrogens is 346 g/mol. The molecule has 0 atom stereocenters. The Labute approximate surface area is 155 Å². The summed E-state index contributed by atoms with van der Waals surface area (Å²) >= 11 is 1.61. The predicted molar refractivity (Wildman–Crippen MR) is 105 cm³/mol. The summed E-state index contributed by atoms with van der Waals surface area (Å²) in [5, 5.41) is 3.96. The molecule has 4 rings (SSSR count). The molecule has 1 aliphatic heterocycles. The number of amides is 2. The number of carbonyl (C=O) groups excluding carboxylic acids is 2. The van der Waals surface area contributed by atoms with Gasteiger partial charge in [0.05, 0.1) is 15.2 Å². The number of thiazole rings is 1. The van der Waals surface area contributed by atoms with Gasteiger partial charge < -0.3 is 10.2 Å². The highest BCUT2D eigenvalue weighted by Crippen LogP contribution is 2.30. The van der Waals surface area contributed by atoms with Gasteiger partial charge in [-0.3, -0.25) is 9.59 Å². The minimum atomic E-state index is -0.145. The standard InChI is InChI=1S/C20H19N3O2S/c1-3-19(24)23-9-8-13-10-14(4-7-17(13)23)20(25)22-15-5-6-16-18(11-15)26-12(2)21-16/h4-7,10-11H,3,8-9H2,1-2H3,(H,22,25). The van der Waals surface area contributed by atoms with Crippen LogP contribution in [0.4, 0.5) is 11.4 Å². The zero-order valence-corrected chi connectivity index (χ0v) is 15.5. The van der Waals surface area contributed by atoms with Crippen molar-refractivity contribution >= 4 is 44.7 Å². The molecule has 0 radical (unpaired) electrons. The molecule has 132 valence electrons. The Hall–Kier alpha value is -2.73. The molecule has 1 N–H and O–H groups in total. The second-order valence-corrected chi connectivity index (χ2v) is 7.60. The van der Waals surface area contributed by atoms with Crippen LogP contribution < -0.4 is 10.2 Å². The summed E-state index contributed by atoms with van der Waals surface area (Å²) in [6.07, 6.45) is 1.27. The molecule has 2 heterocycles. The first kappa shape index (κ1) is 16.7. The Morgan fingerprint density at radius 1 is 1.23 bits per heavy atom. The van der Waals surface area contributed by atoms with E-state index in [9.17, 15) is 9.59 Å². The number of aryl methyl sites for hydroxylation is 1. The third-order valence-electron chi connectivity index (χ3n) is 4.59. The van der Waals surface area contributed by atoms with Crippen LogP contribution in [0.15, 0.2) is 36.4 Å². The first-order chi connectivity index (χ1) is 12.5. The number of rotatable bonds is 3. The fourth-order valence-electron chi connectivity index (χ4n) is 3.31. The molecule has 6 heteroatoms. The van der Waals surface area contributed by atoms with E-state index in [4.69, 9.17) is 0 Å². The average molecular weight is 365 g/mol. The highest BCUT2D eigenvalue weighted by Gasteiger charge is 2.24. The van der Waals surface area contributed by atoms with Crippen molar-refractivity contribution in [3.05, 3.63) is 52.5 Å². The molecule has 0 saturated heterocycles. The topological polar surface area (TPSA) is 62.3 Å². The third-order valence-corrected chi connectivity index (χ3v) is 5.53. The average Bonchev–Trinajstić information content (AvgIpc) is 3.22. The van der Waals surface area contributed by atoms with Crippen LogP contribution in [0.25, 0.3) is 10.2 Å². The highest BCUT2D eigenvalue weighted by molar-refractivity contribution is 7.18. The number of aromatic nitrogens is 1. The molecule has 3 aromatic rings. The van der Waals surface area contributed by atoms with Crippen LogP contribution in [0.3, 0.4) is 0 Å². The van der Waals surface area contributed by atoms with Gasteiger partial charge in [-0.15, -0.1) is 11.3 Å². The predicted octanol–water partition coefficient (Wildman–Crippen LogP) is 4.16. The maximum atomic E-state index is 12.6. The largest absolute Gasteiger partial charge is 0.322 e. The van der Waals surface area contributed by atoms with E-state index < -0.39 is 0 Å². The fourth-order valence-corrected chi connectivity index (χ4v) is 4.18. The molecule has 0 fully saturated rings. The van der Waals surface area contributed by atoms with Crippen molar-refractivity contribution in [2.75, 3.05) is 16.8 Å². The number of benzene rings is 2. The summed E-state index contributed by atoms with van der Waals surface area (Å²) in [6.45, 7) is 4.53. The lowest BCUT2D eigenvalue weighted by molar-refractivity contribution is -0.118. The summed E-state index contributed by atoms with van der Waals surface area (Å²) in [7, 11) is 0. The third kappa shape index (κ3) is 2.97. The van der Waals surface area contributed by atoms with E-state index in [1.165, 1.54) is 0 Å². The number of hydrogen-bond acceptors (Lipinski definition) is 4. The van der Waals surface area contributed by atoms with Crippen LogP contribution in [0.5, 0.6) is 0 Å². The summed E-state index contributed by atoms with van der Waals surface area (Å²) < 4.78 is 1.06. The van der Waals surface area contributed by atoms with Crippen molar-refractivity contribution in [3.63, 3.8) is 0 Å².